The number of methoxy groups -OCH3 is 1. The number of aromatic amines is 1. The van der Waals surface area contributed by atoms with E-state index in [2.05, 4.69) is 20.5 Å². The molecule has 5 rings (SSSR count). The monoisotopic (exact) mass is 603 g/mol. The van der Waals surface area contributed by atoms with Crippen LogP contribution in [-0.2, 0) is 27.5 Å². The minimum atomic E-state index is -3.15. The van der Waals surface area contributed by atoms with Crippen molar-refractivity contribution in [3.05, 3.63) is 102 Å². The van der Waals surface area contributed by atoms with Gasteiger partial charge in [-0.15, -0.1) is 10.2 Å². The van der Waals surface area contributed by atoms with Gasteiger partial charge in [-0.1, -0.05) is 60.3 Å². The summed E-state index contributed by atoms with van der Waals surface area (Å²) in [6.45, 7) is 1.98. The van der Waals surface area contributed by atoms with Crippen molar-refractivity contribution >= 4 is 38.4 Å². The summed E-state index contributed by atoms with van der Waals surface area (Å²) in [6, 6.07) is 24.8. The van der Waals surface area contributed by atoms with E-state index in [-0.39, 0.29) is 18.1 Å². The zero-order valence-electron chi connectivity index (χ0n) is 23.7. The van der Waals surface area contributed by atoms with Crippen molar-refractivity contribution in [1.29, 1.82) is 0 Å². The maximum absolute atomic E-state index is 13.6. The molecule has 1 unspecified atom stereocenters. The Bertz CT molecular complexity index is 1780. The third-order valence-electron chi connectivity index (χ3n) is 6.97. The lowest BCUT2D eigenvalue weighted by molar-refractivity contribution is -0.121. The average molecular weight is 604 g/mol. The molecular formula is C31H33N5O4S2. The van der Waals surface area contributed by atoms with E-state index < -0.39 is 15.9 Å². The van der Waals surface area contributed by atoms with Crippen LogP contribution in [0, 0.1) is 6.92 Å². The van der Waals surface area contributed by atoms with Crippen LogP contribution in [0.5, 0.6) is 5.75 Å². The normalized spacial score (nSPS) is 12.4. The summed E-state index contributed by atoms with van der Waals surface area (Å²) >= 11 is 1.31. The summed E-state index contributed by atoms with van der Waals surface area (Å²) in [4.78, 5) is 17.0. The highest BCUT2D eigenvalue weighted by atomic mass is 32.2. The number of nitrogens with one attached hydrogen (secondary N) is 2. The number of aromatic nitrogens is 4. The van der Waals surface area contributed by atoms with Gasteiger partial charge in [0.1, 0.15) is 15.6 Å². The van der Waals surface area contributed by atoms with Gasteiger partial charge in [-0.3, -0.25) is 9.36 Å². The quantitative estimate of drug-likeness (QED) is 0.196. The number of para-hydroxylation sites is 1. The van der Waals surface area contributed by atoms with Gasteiger partial charge < -0.3 is 15.0 Å². The van der Waals surface area contributed by atoms with E-state index in [0.717, 1.165) is 33.4 Å². The van der Waals surface area contributed by atoms with Crippen molar-refractivity contribution in [3.8, 4) is 11.4 Å². The zero-order valence-corrected chi connectivity index (χ0v) is 25.3. The Morgan fingerprint density at radius 3 is 2.45 bits per heavy atom. The minimum absolute atomic E-state index is 0.0105. The lowest BCUT2D eigenvalue weighted by Crippen LogP contribution is -2.33. The van der Waals surface area contributed by atoms with Crippen LogP contribution in [0.25, 0.3) is 16.6 Å². The number of H-pyrrole nitrogens is 1. The molecule has 0 fully saturated rings. The van der Waals surface area contributed by atoms with Crippen LogP contribution in [0.2, 0.25) is 0 Å². The number of amides is 1. The highest BCUT2D eigenvalue weighted by molar-refractivity contribution is 8.00. The van der Waals surface area contributed by atoms with E-state index in [1.165, 1.54) is 18.0 Å². The van der Waals surface area contributed by atoms with Crippen LogP contribution in [-0.4, -0.2) is 58.9 Å². The van der Waals surface area contributed by atoms with Crippen LogP contribution in [0.4, 0.5) is 0 Å². The third kappa shape index (κ3) is 7.03. The van der Waals surface area contributed by atoms with Gasteiger partial charge in [0.05, 0.1) is 25.3 Å². The number of sulfone groups is 1. The second-order valence-corrected chi connectivity index (χ2v) is 13.4. The van der Waals surface area contributed by atoms with E-state index in [9.17, 15) is 13.2 Å². The van der Waals surface area contributed by atoms with Gasteiger partial charge in [0.15, 0.2) is 11.0 Å². The first-order valence-corrected chi connectivity index (χ1v) is 16.6. The van der Waals surface area contributed by atoms with Crippen LogP contribution in [0.1, 0.15) is 28.7 Å². The van der Waals surface area contributed by atoms with Crippen LogP contribution in [0.15, 0.2) is 84.0 Å². The molecule has 1 atom stereocenters. The molecule has 9 nitrogen and oxygen atoms in total. The highest BCUT2D eigenvalue weighted by Gasteiger charge is 2.26. The zero-order chi connectivity index (χ0) is 29.7. The molecule has 0 spiro atoms. The first-order valence-electron chi connectivity index (χ1n) is 13.5. The molecule has 2 N–H and O–H groups in total. The Morgan fingerprint density at radius 2 is 1.74 bits per heavy atom. The molecule has 0 saturated heterocycles. The Hall–Kier alpha value is -4.09. The van der Waals surface area contributed by atoms with Crippen molar-refractivity contribution in [2.75, 3.05) is 24.9 Å². The van der Waals surface area contributed by atoms with Gasteiger partial charge in [0, 0.05) is 34.3 Å². The van der Waals surface area contributed by atoms with Crippen molar-refractivity contribution in [3.63, 3.8) is 0 Å². The summed E-state index contributed by atoms with van der Waals surface area (Å²) in [5.41, 5.74) is 4.71. The predicted octanol–water partition coefficient (Wildman–Crippen LogP) is 4.85. The molecule has 0 bridgehead atoms. The summed E-state index contributed by atoms with van der Waals surface area (Å²) in [6.07, 6.45) is 1.91. The van der Waals surface area contributed by atoms with Crippen molar-refractivity contribution in [2.45, 2.75) is 31.0 Å². The number of thioether (sulfide) groups is 1. The molecule has 0 aliphatic rings. The molecule has 5 aromatic rings. The average Bonchev–Trinajstić information content (AvgIpc) is 3.53. The molecule has 2 heterocycles. The largest absolute Gasteiger partial charge is 0.497 e. The number of hydrogen-bond acceptors (Lipinski definition) is 7. The molecule has 11 heteroatoms. The summed E-state index contributed by atoms with van der Waals surface area (Å²) in [5, 5.41) is 13.8. The number of carbonyl (C=O) groups excluding carboxylic acids is 1. The van der Waals surface area contributed by atoms with Gasteiger partial charge in [0.25, 0.3) is 0 Å². The predicted molar refractivity (Wildman–Crippen MR) is 166 cm³/mol. The number of hydrogen-bond donors (Lipinski definition) is 2. The van der Waals surface area contributed by atoms with E-state index in [1.54, 1.807) is 7.11 Å². The van der Waals surface area contributed by atoms with Crippen LogP contribution < -0.4 is 10.1 Å². The molecule has 0 saturated carbocycles. The molecular weight excluding hydrogens is 571 g/mol. The Labute approximate surface area is 249 Å². The van der Waals surface area contributed by atoms with Gasteiger partial charge >= 0.3 is 0 Å². The van der Waals surface area contributed by atoms with Crippen molar-refractivity contribution in [1.82, 2.24) is 25.1 Å². The lowest BCUT2D eigenvalue weighted by atomic mass is 10.0. The molecule has 2 aromatic heterocycles. The van der Waals surface area contributed by atoms with E-state index in [0.29, 0.717) is 28.9 Å². The molecule has 0 radical (unpaired) electrons. The Morgan fingerprint density at radius 1 is 1.02 bits per heavy atom. The third-order valence-corrected chi connectivity index (χ3v) is 9.10. The molecule has 1 amide bonds. The van der Waals surface area contributed by atoms with Gasteiger partial charge in [-0.05, 0) is 54.8 Å². The SMILES string of the molecule is COc1ccc(-n2c(SCCS(C)(=O)=O)nnc2C(Cc2ccccc2)NC(=O)Cc2c(C)[nH]c3ccccc23)cc1. The first kappa shape index (κ1) is 29.4. The summed E-state index contributed by atoms with van der Waals surface area (Å²) in [5.74, 6) is 1.44. The molecule has 3 aromatic carbocycles. The number of ether oxygens (including phenoxy) is 1. The Kier molecular flexibility index (Phi) is 8.98. The lowest BCUT2D eigenvalue weighted by Gasteiger charge is -2.20. The maximum atomic E-state index is 13.6. The fraction of sp³-hybridized carbons (Fsp3) is 0.258. The minimum Gasteiger partial charge on any atom is -0.497 e. The van der Waals surface area contributed by atoms with Gasteiger partial charge in [0.2, 0.25) is 5.91 Å². The molecule has 0 aliphatic carbocycles. The standard InChI is InChI=1S/C31H33N5O4S2/c1-21-26(25-11-7-8-12-27(25)32-21)20-29(37)33-28(19-22-9-5-4-6-10-22)30-34-35-31(41-17-18-42(3,38)39)36(30)23-13-15-24(40-2)16-14-23/h4-16,28,32H,17-20H2,1-3H3,(H,33,37). The second-order valence-electron chi connectivity index (χ2n) is 10.1. The molecule has 42 heavy (non-hydrogen) atoms. The van der Waals surface area contributed by atoms with Gasteiger partial charge in [-0.2, -0.15) is 0 Å². The Balaban J connectivity index is 1.51. The fourth-order valence-electron chi connectivity index (χ4n) is 4.88. The number of rotatable bonds is 12. The maximum Gasteiger partial charge on any atom is 0.225 e. The summed E-state index contributed by atoms with van der Waals surface area (Å²) in [7, 11) is -1.54. The molecule has 218 valence electrons. The van der Waals surface area contributed by atoms with E-state index in [1.807, 2.05) is 90.4 Å². The van der Waals surface area contributed by atoms with Crippen molar-refractivity contribution < 1.29 is 17.9 Å². The molecule has 0 aliphatic heterocycles. The van der Waals surface area contributed by atoms with E-state index >= 15 is 0 Å². The van der Waals surface area contributed by atoms with Crippen LogP contribution in [0.3, 0.4) is 0 Å². The number of nitrogens with zero attached hydrogens (tertiary/aromatic N) is 3. The fourth-order valence-corrected chi connectivity index (χ4v) is 7.04. The second kappa shape index (κ2) is 12.8. The van der Waals surface area contributed by atoms with Crippen LogP contribution >= 0.6 is 11.8 Å². The summed E-state index contributed by atoms with van der Waals surface area (Å²) < 4.78 is 30.8. The smallest absolute Gasteiger partial charge is 0.225 e. The van der Waals surface area contributed by atoms with Crippen molar-refractivity contribution in [2.24, 2.45) is 0 Å². The van der Waals surface area contributed by atoms with E-state index in [4.69, 9.17) is 4.74 Å². The first-order chi connectivity index (χ1) is 20.2. The number of benzene rings is 3. The highest BCUT2D eigenvalue weighted by Crippen LogP contribution is 2.29. The number of fused-ring (bicyclic) bond motifs is 1. The number of carbonyl (C=O) groups is 1. The topological polar surface area (TPSA) is 119 Å². The number of aryl methyl sites for hydroxylation is 1. The van der Waals surface area contributed by atoms with Gasteiger partial charge in [-0.25, -0.2) is 8.42 Å².